The Kier molecular flexibility index (Phi) is 6.53. The maximum absolute atomic E-state index is 9.82. The number of benzene rings is 2. The van der Waals surface area contributed by atoms with E-state index in [-0.39, 0.29) is 5.41 Å². The first-order valence-corrected chi connectivity index (χ1v) is 11.5. The van der Waals surface area contributed by atoms with Crippen LogP contribution in [0.1, 0.15) is 37.7 Å². The Morgan fingerprint density at radius 2 is 1.76 bits per heavy atom. The first kappa shape index (κ1) is 20.0. The number of rotatable bonds is 8. The van der Waals surface area contributed by atoms with Gasteiger partial charge < -0.3 is 9.88 Å². The van der Waals surface area contributed by atoms with Crippen LogP contribution in [0, 0.1) is 11.3 Å². The van der Waals surface area contributed by atoms with Gasteiger partial charge in [0.1, 0.15) is 0 Å². The average molecular weight is 405 g/mol. The summed E-state index contributed by atoms with van der Waals surface area (Å²) in [6.45, 7) is 3.19. The molecule has 0 amide bonds. The number of aromatic nitrogens is 2. The van der Waals surface area contributed by atoms with Gasteiger partial charge in [-0.1, -0.05) is 60.6 Å². The van der Waals surface area contributed by atoms with Crippen molar-refractivity contribution >= 4 is 22.8 Å². The second kappa shape index (κ2) is 9.47. The Labute approximate surface area is 177 Å². The number of likely N-dealkylation sites (tertiary alicyclic amines) is 1. The van der Waals surface area contributed by atoms with Gasteiger partial charge in [0.25, 0.3) is 0 Å². The predicted molar refractivity (Wildman–Crippen MR) is 120 cm³/mol. The van der Waals surface area contributed by atoms with E-state index < -0.39 is 0 Å². The number of unbranched alkanes of at least 4 members (excludes halogenated alkanes) is 2. The zero-order chi connectivity index (χ0) is 19.9. The van der Waals surface area contributed by atoms with Crippen LogP contribution in [0.25, 0.3) is 11.0 Å². The number of H-pyrrole nitrogens is 1. The molecule has 1 saturated heterocycles. The summed E-state index contributed by atoms with van der Waals surface area (Å²) in [5.74, 6) is 1.10. The van der Waals surface area contributed by atoms with Gasteiger partial charge in [0, 0.05) is 5.75 Å². The van der Waals surface area contributed by atoms with Crippen molar-refractivity contribution < 1.29 is 0 Å². The number of nitriles is 1. The van der Waals surface area contributed by atoms with Crippen LogP contribution in [0.5, 0.6) is 0 Å². The molecule has 5 heteroatoms. The number of piperidine rings is 1. The highest BCUT2D eigenvalue weighted by Gasteiger charge is 2.36. The molecule has 4 nitrogen and oxygen atoms in total. The summed E-state index contributed by atoms with van der Waals surface area (Å²) in [4.78, 5) is 10.5. The predicted octanol–water partition coefficient (Wildman–Crippen LogP) is 5.38. The van der Waals surface area contributed by atoms with Crippen molar-refractivity contribution in [1.82, 2.24) is 14.9 Å². The molecule has 2 aromatic carbocycles. The Morgan fingerprint density at radius 3 is 2.52 bits per heavy atom. The highest BCUT2D eigenvalue weighted by atomic mass is 32.2. The highest BCUT2D eigenvalue weighted by molar-refractivity contribution is 7.99. The van der Waals surface area contributed by atoms with E-state index in [1.165, 1.54) is 24.8 Å². The molecular weight excluding hydrogens is 376 g/mol. The Balaban J connectivity index is 1.14. The summed E-state index contributed by atoms with van der Waals surface area (Å²) >= 11 is 1.82. The van der Waals surface area contributed by atoms with E-state index in [1.54, 1.807) is 0 Å². The number of nitrogens with one attached hydrogen (secondary N) is 1. The van der Waals surface area contributed by atoms with Crippen molar-refractivity contribution in [1.29, 1.82) is 5.26 Å². The molecule has 3 aromatic rings. The molecule has 0 spiro atoms. The first-order chi connectivity index (χ1) is 14.3. The maximum atomic E-state index is 9.82. The first-order valence-electron chi connectivity index (χ1n) is 10.6. The number of fused-ring (bicyclic) bond motifs is 1. The van der Waals surface area contributed by atoms with Crippen molar-refractivity contribution in [3.8, 4) is 6.07 Å². The van der Waals surface area contributed by atoms with Crippen LogP contribution in [0.15, 0.2) is 59.8 Å². The summed E-state index contributed by atoms with van der Waals surface area (Å²) in [5.41, 5.74) is 3.05. The number of aromatic amines is 1. The van der Waals surface area contributed by atoms with Crippen molar-refractivity contribution in [2.75, 3.05) is 25.4 Å². The average Bonchev–Trinajstić information content (AvgIpc) is 3.20. The Hall–Kier alpha value is -2.29. The quantitative estimate of drug-likeness (QED) is 0.404. The molecule has 0 atom stereocenters. The molecule has 4 rings (SSSR count). The van der Waals surface area contributed by atoms with Gasteiger partial charge in [0.15, 0.2) is 5.16 Å². The summed E-state index contributed by atoms with van der Waals surface area (Å²) in [7, 11) is 0. The third-order valence-electron chi connectivity index (χ3n) is 5.98. The second-order valence-electron chi connectivity index (χ2n) is 7.87. The zero-order valence-corrected chi connectivity index (χ0v) is 17.6. The fourth-order valence-electron chi connectivity index (χ4n) is 4.16. The van der Waals surface area contributed by atoms with Crippen molar-refractivity contribution in [2.45, 2.75) is 42.7 Å². The number of para-hydroxylation sites is 2. The minimum atomic E-state index is -0.291. The van der Waals surface area contributed by atoms with Gasteiger partial charge in [-0.3, -0.25) is 0 Å². The van der Waals surface area contributed by atoms with E-state index in [2.05, 4.69) is 39.1 Å². The van der Waals surface area contributed by atoms with Crippen LogP contribution in [0.3, 0.4) is 0 Å². The van der Waals surface area contributed by atoms with E-state index >= 15 is 0 Å². The number of thioether (sulfide) groups is 1. The van der Waals surface area contributed by atoms with Gasteiger partial charge in [0.2, 0.25) is 0 Å². The van der Waals surface area contributed by atoms with E-state index in [0.29, 0.717) is 0 Å². The van der Waals surface area contributed by atoms with Crippen molar-refractivity contribution in [3.63, 3.8) is 0 Å². The van der Waals surface area contributed by atoms with E-state index in [4.69, 9.17) is 0 Å². The number of imidazole rings is 1. The molecule has 1 aromatic heterocycles. The third-order valence-corrected chi connectivity index (χ3v) is 6.93. The molecule has 2 heterocycles. The summed E-state index contributed by atoms with van der Waals surface area (Å²) < 4.78 is 0. The van der Waals surface area contributed by atoms with Crippen LogP contribution in [-0.4, -0.2) is 40.3 Å². The standard InChI is InChI=1S/C24H28N4S/c25-19-24(20-9-3-1-4-10-20)13-16-28(17-14-24)15-7-2-8-18-29-23-26-21-11-5-6-12-22(21)27-23/h1,3-6,9-12H,2,7-8,13-18H2,(H,26,27). The van der Waals surface area contributed by atoms with Gasteiger partial charge in [-0.15, -0.1) is 0 Å². The minimum Gasteiger partial charge on any atom is -0.333 e. The largest absolute Gasteiger partial charge is 0.333 e. The zero-order valence-electron chi connectivity index (χ0n) is 16.8. The SMILES string of the molecule is N#CC1(c2ccccc2)CCN(CCCCCSc2nc3ccccc3[nH]2)CC1. The van der Waals surface area contributed by atoms with Crippen LogP contribution in [-0.2, 0) is 5.41 Å². The maximum Gasteiger partial charge on any atom is 0.166 e. The lowest BCUT2D eigenvalue weighted by molar-refractivity contribution is 0.183. The normalized spacial score (nSPS) is 16.7. The number of hydrogen-bond acceptors (Lipinski definition) is 4. The molecule has 0 saturated carbocycles. The minimum absolute atomic E-state index is 0.291. The Morgan fingerprint density at radius 1 is 1.00 bits per heavy atom. The molecule has 1 aliphatic heterocycles. The molecule has 0 unspecified atom stereocenters. The van der Waals surface area contributed by atoms with Crippen LogP contribution in [0.4, 0.5) is 0 Å². The molecule has 0 aliphatic carbocycles. The fraction of sp³-hybridized carbons (Fsp3) is 0.417. The second-order valence-corrected chi connectivity index (χ2v) is 8.95. The molecule has 1 aliphatic rings. The smallest absolute Gasteiger partial charge is 0.166 e. The van der Waals surface area contributed by atoms with E-state index in [1.807, 2.05) is 48.2 Å². The molecule has 0 bridgehead atoms. The lowest BCUT2D eigenvalue weighted by Crippen LogP contribution is -2.42. The van der Waals surface area contributed by atoms with Gasteiger partial charge in [-0.2, -0.15) is 5.26 Å². The van der Waals surface area contributed by atoms with Crippen LogP contribution >= 0.6 is 11.8 Å². The van der Waals surface area contributed by atoms with Gasteiger partial charge >= 0.3 is 0 Å². The molecule has 1 fully saturated rings. The summed E-state index contributed by atoms with van der Waals surface area (Å²) in [6, 6.07) is 21.1. The molecule has 150 valence electrons. The van der Waals surface area contributed by atoms with Crippen LogP contribution in [0.2, 0.25) is 0 Å². The monoisotopic (exact) mass is 404 g/mol. The Bertz CT molecular complexity index is 919. The molecule has 29 heavy (non-hydrogen) atoms. The number of nitrogens with zero attached hydrogens (tertiary/aromatic N) is 3. The third kappa shape index (κ3) is 4.83. The van der Waals surface area contributed by atoms with Crippen LogP contribution < -0.4 is 0 Å². The topological polar surface area (TPSA) is 55.7 Å². The summed E-state index contributed by atoms with van der Waals surface area (Å²) in [5, 5.41) is 10.8. The molecule has 1 N–H and O–H groups in total. The fourth-order valence-corrected chi connectivity index (χ4v) is 5.05. The molecule has 0 radical (unpaired) electrons. The van der Waals surface area contributed by atoms with Crippen molar-refractivity contribution in [3.05, 3.63) is 60.2 Å². The van der Waals surface area contributed by atoms with E-state index in [0.717, 1.165) is 54.4 Å². The van der Waals surface area contributed by atoms with E-state index in [9.17, 15) is 5.26 Å². The van der Waals surface area contributed by atoms with Gasteiger partial charge in [0.05, 0.1) is 22.5 Å². The molecular formula is C24H28N4S. The van der Waals surface area contributed by atoms with Gasteiger partial charge in [-0.05, 0) is 63.0 Å². The highest BCUT2D eigenvalue weighted by Crippen LogP contribution is 2.34. The summed E-state index contributed by atoms with van der Waals surface area (Å²) in [6.07, 6.45) is 5.56. The van der Waals surface area contributed by atoms with Crippen molar-refractivity contribution in [2.24, 2.45) is 0 Å². The lowest BCUT2D eigenvalue weighted by Gasteiger charge is -2.37. The van der Waals surface area contributed by atoms with Gasteiger partial charge in [-0.25, -0.2) is 4.98 Å². The lowest BCUT2D eigenvalue weighted by atomic mass is 9.74. The number of hydrogen-bond donors (Lipinski definition) is 1.